The number of benzene rings is 1. The van der Waals surface area contributed by atoms with Crippen LogP contribution in [0, 0.1) is 0 Å². The van der Waals surface area contributed by atoms with Gasteiger partial charge in [0.25, 0.3) is 0 Å². The Kier molecular flexibility index (Phi) is 7.35. The van der Waals surface area contributed by atoms with Gasteiger partial charge in [-0.25, -0.2) is 0 Å². The second-order valence-electron chi connectivity index (χ2n) is 4.70. The number of amides is 1. The van der Waals surface area contributed by atoms with E-state index in [-0.39, 0.29) is 24.9 Å². The minimum atomic E-state index is -0.838. The highest BCUT2D eigenvalue weighted by molar-refractivity contribution is 5.76. The highest BCUT2D eigenvalue weighted by Gasteiger charge is 2.11. The van der Waals surface area contributed by atoms with Gasteiger partial charge in [0.15, 0.2) is 0 Å². The summed E-state index contributed by atoms with van der Waals surface area (Å²) in [5.41, 5.74) is 0.987. The van der Waals surface area contributed by atoms with Crippen LogP contribution in [0.3, 0.4) is 0 Å². The molecule has 1 amide bonds. The monoisotopic (exact) mass is 279 g/mol. The molecule has 1 aromatic rings. The number of carboxylic acid groups (broad SMARTS) is 1. The molecule has 0 aliphatic heterocycles. The Labute approximate surface area is 118 Å². The van der Waals surface area contributed by atoms with Gasteiger partial charge in [0, 0.05) is 25.3 Å². The average Bonchev–Trinajstić information content (AvgIpc) is 2.45. The second kappa shape index (κ2) is 9.09. The van der Waals surface area contributed by atoms with Gasteiger partial charge in [0.1, 0.15) is 0 Å². The lowest BCUT2D eigenvalue weighted by Crippen LogP contribution is -2.29. The van der Waals surface area contributed by atoms with Crippen molar-refractivity contribution in [2.45, 2.75) is 31.6 Å². The molecule has 1 atom stereocenters. The number of carboxylic acids is 1. The van der Waals surface area contributed by atoms with Crippen LogP contribution < -0.4 is 5.32 Å². The van der Waals surface area contributed by atoms with Crippen LogP contribution in [-0.2, 0) is 9.59 Å². The molecule has 0 fully saturated rings. The Morgan fingerprint density at radius 1 is 1.10 bits per heavy atom. The molecule has 0 spiro atoms. The predicted molar refractivity (Wildman–Crippen MR) is 75.4 cm³/mol. The normalized spacial score (nSPS) is 11.8. The minimum absolute atomic E-state index is 0.0245. The third kappa shape index (κ3) is 6.33. The van der Waals surface area contributed by atoms with E-state index in [2.05, 4.69) is 5.32 Å². The first kappa shape index (κ1) is 16.2. The van der Waals surface area contributed by atoms with Crippen molar-refractivity contribution in [1.82, 2.24) is 5.32 Å². The Balaban J connectivity index is 2.27. The summed E-state index contributed by atoms with van der Waals surface area (Å²) in [5, 5.41) is 20.6. The fraction of sp³-hybridized carbons (Fsp3) is 0.467. The molecule has 0 aliphatic carbocycles. The molecule has 110 valence electrons. The van der Waals surface area contributed by atoms with Crippen molar-refractivity contribution in [1.29, 1.82) is 0 Å². The maximum atomic E-state index is 11.6. The molecule has 0 radical (unpaired) electrons. The number of hydrogen-bond acceptors (Lipinski definition) is 3. The van der Waals surface area contributed by atoms with Gasteiger partial charge >= 0.3 is 5.97 Å². The zero-order valence-electron chi connectivity index (χ0n) is 11.4. The van der Waals surface area contributed by atoms with Crippen LogP contribution in [0.5, 0.6) is 0 Å². The van der Waals surface area contributed by atoms with Crippen LogP contribution in [0.4, 0.5) is 0 Å². The number of aliphatic hydroxyl groups excluding tert-OH is 1. The summed E-state index contributed by atoms with van der Waals surface area (Å²) < 4.78 is 0. The summed E-state index contributed by atoms with van der Waals surface area (Å²) in [6.07, 6.45) is 1.48. The first-order chi connectivity index (χ1) is 9.63. The third-order valence-electron chi connectivity index (χ3n) is 3.08. The highest BCUT2D eigenvalue weighted by atomic mass is 16.4. The van der Waals surface area contributed by atoms with E-state index in [0.717, 1.165) is 5.56 Å². The summed E-state index contributed by atoms with van der Waals surface area (Å²) in [6.45, 7) is 0.363. The van der Waals surface area contributed by atoms with Gasteiger partial charge in [-0.2, -0.15) is 0 Å². The molecule has 3 N–H and O–H groups in total. The Morgan fingerprint density at radius 2 is 1.75 bits per heavy atom. The van der Waals surface area contributed by atoms with Crippen molar-refractivity contribution in [2.24, 2.45) is 0 Å². The topological polar surface area (TPSA) is 86.6 Å². The van der Waals surface area contributed by atoms with Crippen molar-refractivity contribution in [3.05, 3.63) is 35.9 Å². The van der Waals surface area contributed by atoms with Gasteiger partial charge in [-0.1, -0.05) is 30.3 Å². The van der Waals surface area contributed by atoms with E-state index in [1.165, 1.54) is 0 Å². The quantitative estimate of drug-likeness (QED) is 0.598. The minimum Gasteiger partial charge on any atom is -0.481 e. The predicted octanol–water partition coefficient (Wildman–Crippen LogP) is 1.52. The van der Waals surface area contributed by atoms with Crippen LogP contribution >= 0.6 is 0 Å². The molecule has 0 bridgehead atoms. The van der Waals surface area contributed by atoms with E-state index in [1.54, 1.807) is 0 Å². The molecule has 1 rings (SSSR count). The van der Waals surface area contributed by atoms with Crippen molar-refractivity contribution >= 4 is 11.9 Å². The summed E-state index contributed by atoms with van der Waals surface area (Å²) in [4.78, 5) is 21.9. The number of aliphatic hydroxyl groups is 1. The van der Waals surface area contributed by atoms with E-state index in [4.69, 9.17) is 5.11 Å². The van der Waals surface area contributed by atoms with Crippen molar-refractivity contribution in [3.8, 4) is 0 Å². The number of rotatable bonds is 9. The molecule has 0 saturated carbocycles. The number of carbonyl (C=O) groups excluding carboxylic acids is 1. The van der Waals surface area contributed by atoms with Crippen molar-refractivity contribution in [3.63, 3.8) is 0 Å². The lowest BCUT2D eigenvalue weighted by atomic mass is 10.00. The van der Waals surface area contributed by atoms with Crippen LogP contribution in [0.2, 0.25) is 0 Å². The number of unbranched alkanes of at least 4 members (excludes halogenated alkanes) is 1. The molecule has 1 unspecified atom stereocenters. The second-order valence-corrected chi connectivity index (χ2v) is 4.70. The molecule has 5 heteroatoms. The Hall–Kier alpha value is -1.88. The van der Waals surface area contributed by atoms with Crippen LogP contribution in [0.1, 0.15) is 37.2 Å². The average molecular weight is 279 g/mol. The van der Waals surface area contributed by atoms with Gasteiger partial charge in [-0.3, -0.25) is 9.59 Å². The van der Waals surface area contributed by atoms with E-state index in [1.807, 2.05) is 30.3 Å². The van der Waals surface area contributed by atoms with Crippen molar-refractivity contribution in [2.75, 3.05) is 13.2 Å². The third-order valence-corrected chi connectivity index (χ3v) is 3.08. The lowest BCUT2D eigenvalue weighted by Gasteiger charge is -2.15. The number of hydrogen-bond donors (Lipinski definition) is 3. The van der Waals surface area contributed by atoms with Crippen molar-refractivity contribution < 1.29 is 19.8 Å². The van der Waals surface area contributed by atoms with Crippen LogP contribution in [-0.4, -0.2) is 35.2 Å². The smallest absolute Gasteiger partial charge is 0.303 e. The maximum Gasteiger partial charge on any atom is 0.303 e. The first-order valence-corrected chi connectivity index (χ1v) is 6.77. The first-order valence-electron chi connectivity index (χ1n) is 6.77. The summed E-state index contributed by atoms with van der Waals surface area (Å²) in [5.74, 6) is -1.06. The zero-order chi connectivity index (χ0) is 14.8. The molecular formula is C15H21NO4. The van der Waals surface area contributed by atoms with Gasteiger partial charge in [0.2, 0.25) is 5.91 Å². The van der Waals surface area contributed by atoms with Gasteiger partial charge in [0.05, 0.1) is 6.61 Å². The largest absolute Gasteiger partial charge is 0.481 e. The molecule has 5 nitrogen and oxygen atoms in total. The number of carbonyl (C=O) groups is 2. The van der Waals surface area contributed by atoms with E-state index < -0.39 is 5.97 Å². The molecule has 1 aromatic carbocycles. The Bertz CT molecular complexity index is 419. The molecule has 20 heavy (non-hydrogen) atoms. The molecular weight excluding hydrogens is 258 g/mol. The molecule has 0 aromatic heterocycles. The van der Waals surface area contributed by atoms with Crippen LogP contribution in [0.15, 0.2) is 30.3 Å². The Morgan fingerprint density at radius 3 is 2.35 bits per heavy atom. The number of aliphatic carboxylic acids is 1. The molecule has 0 heterocycles. The number of nitrogens with one attached hydrogen (secondary N) is 1. The summed E-state index contributed by atoms with van der Waals surface area (Å²) in [7, 11) is 0. The molecule has 0 saturated heterocycles. The van der Waals surface area contributed by atoms with E-state index in [9.17, 15) is 14.7 Å². The van der Waals surface area contributed by atoms with Gasteiger partial charge in [-0.05, 0) is 18.4 Å². The van der Waals surface area contributed by atoms with Gasteiger partial charge < -0.3 is 15.5 Å². The SMILES string of the molecule is O=C(O)CCCCC(=O)NCC(CO)c1ccccc1. The summed E-state index contributed by atoms with van der Waals surface area (Å²) >= 11 is 0. The summed E-state index contributed by atoms with van der Waals surface area (Å²) in [6, 6.07) is 9.52. The fourth-order valence-electron chi connectivity index (χ4n) is 1.90. The van der Waals surface area contributed by atoms with E-state index in [0.29, 0.717) is 25.8 Å². The lowest BCUT2D eigenvalue weighted by molar-refractivity contribution is -0.137. The highest BCUT2D eigenvalue weighted by Crippen LogP contribution is 2.13. The fourth-order valence-corrected chi connectivity index (χ4v) is 1.90. The maximum absolute atomic E-state index is 11.6. The standard InChI is InChI=1S/C15H21NO4/c17-11-13(12-6-2-1-3-7-12)10-16-14(18)8-4-5-9-15(19)20/h1-3,6-7,13,17H,4-5,8-11H2,(H,16,18)(H,19,20). The molecule has 0 aliphatic rings. The van der Waals surface area contributed by atoms with Gasteiger partial charge in [-0.15, -0.1) is 0 Å². The zero-order valence-corrected chi connectivity index (χ0v) is 11.4. The van der Waals surface area contributed by atoms with Crippen LogP contribution in [0.25, 0.3) is 0 Å². The van der Waals surface area contributed by atoms with E-state index >= 15 is 0 Å².